The topological polar surface area (TPSA) is 64.4 Å². The number of aromatic nitrogens is 2. The Morgan fingerprint density at radius 1 is 1.04 bits per heavy atom. The van der Waals surface area contributed by atoms with E-state index in [2.05, 4.69) is 5.10 Å². The molecule has 0 radical (unpaired) electrons. The van der Waals surface area contributed by atoms with E-state index < -0.39 is 0 Å². The van der Waals surface area contributed by atoms with Crippen molar-refractivity contribution in [3.63, 3.8) is 0 Å². The van der Waals surface area contributed by atoms with E-state index in [-0.39, 0.29) is 18.1 Å². The molecule has 0 bridgehead atoms. The van der Waals surface area contributed by atoms with Crippen molar-refractivity contribution in [2.24, 2.45) is 0 Å². The standard InChI is InChI=1S/C19H18N2O3/c1-24-16(22)12-13-21-18(15-10-6-3-7-11-15)19(23)17(20-21)14-8-4-2-5-9-14/h2-11,23H,12-13H2,1H3. The van der Waals surface area contributed by atoms with Crippen molar-refractivity contribution in [2.45, 2.75) is 13.0 Å². The maximum absolute atomic E-state index is 11.5. The highest BCUT2D eigenvalue weighted by Gasteiger charge is 2.20. The van der Waals surface area contributed by atoms with Gasteiger partial charge in [-0.1, -0.05) is 60.7 Å². The van der Waals surface area contributed by atoms with Crippen molar-refractivity contribution in [2.75, 3.05) is 7.11 Å². The number of benzene rings is 2. The normalized spacial score (nSPS) is 10.5. The van der Waals surface area contributed by atoms with Crippen LogP contribution < -0.4 is 0 Å². The van der Waals surface area contributed by atoms with Gasteiger partial charge in [0.2, 0.25) is 0 Å². The molecular weight excluding hydrogens is 304 g/mol. The number of methoxy groups -OCH3 is 1. The lowest BCUT2D eigenvalue weighted by Gasteiger charge is -2.07. The summed E-state index contributed by atoms with van der Waals surface area (Å²) in [6.45, 7) is 0.331. The molecule has 0 fully saturated rings. The fourth-order valence-corrected chi connectivity index (χ4v) is 2.59. The van der Waals surface area contributed by atoms with Crippen LogP contribution >= 0.6 is 0 Å². The summed E-state index contributed by atoms with van der Waals surface area (Å²) in [5, 5.41) is 15.3. The van der Waals surface area contributed by atoms with Crippen molar-refractivity contribution >= 4 is 5.97 Å². The summed E-state index contributed by atoms with van der Waals surface area (Å²) in [4.78, 5) is 11.5. The first-order chi connectivity index (χ1) is 11.7. The minimum Gasteiger partial charge on any atom is -0.504 e. The number of esters is 1. The molecule has 24 heavy (non-hydrogen) atoms. The lowest BCUT2D eigenvalue weighted by molar-refractivity contribution is -0.140. The van der Waals surface area contributed by atoms with Gasteiger partial charge in [0.25, 0.3) is 0 Å². The molecule has 0 aliphatic heterocycles. The molecule has 5 nitrogen and oxygen atoms in total. The van der Waals surface area contributed by atoms with Gasteiger partial charge in [-0.25, -0.2) is 0 Å². The fraction of sp³-hybridized carbons (Fsp3) is 0.158. The number of nitrogens with zero attached hydrogens (tertiary/aromatic N) is 2. The minimum absolute atomic E-state index is 0.109. The first-order valence-electron chi connectivity index (χ1n) is 7.68. The van der Waals surface area contributed by atoms with E-state index >= 15 is 0 Å². The van der Waals surface area contributed by atoms with E-state index in [1.54, 1.807) is 4.68 Å². The SMILES string of the molecule is COC(=O)CCn1nc(-c2ccccc2)c(O)c1-c1ccccc1. The number of aryl methyl sites for hydroxylation is 1. The average molecular weight is 322 g/mol. The lowest BCUT2D eigenvalue weighted by atomic mass is 10.1. The van der Waals surface area contributed by atoms with Crippen LogP contribution in [0.15, 0.2) is 60.7 Å². The smallest absolute Gasteiger partial charge is 0.307 e. The third-order valence-corrected chi connectivity index (χ3v) is 3.78. The highest BCUT2D eigenvalue weighted by Crippen LogP contribution is 2.37. The quantitative estimate of drug-likeness (QED) is 0.730. The number of carbonyl (C=O) groups excluding carboxylic acids is 1. The first-order valence-corrected chi connectivity index (χ1v) is 7.68. The van der Waals surface area contributed by atoms with Gasteiger partial charge in [0, 0.05) is 11.1 Å². The molecule has 0 amide bonds. The summed E-state index contributed by atoms with van der Waals surface area (Å²) < 4.78 is 6.35. The molecule has 0 atom stereocenters. The summed E-state index contributed by atoms with van der Waals surface area (Å²) in [7, 11) is 1.36. The molecule has 3 aromatic rings. The number of rotatable bonds is 5. The average Bonchev–Trinajstić information content (AvgIpc) is 2.97. The highest BCUT2D eigenvalue weighted by molar-refractivity contribution is 5.78. The molecule has 0 unspecified atom stereocenters. The van der Waals surface area contributed by atoms with Crippen molar-refractivity contribution in [1.29, 1.82) is 0 Å². The van der Waals surface area contributed by atoms with E-state index in [0.29, 0.717) is 17.9 Å². The molecule has 0 spiro atoms. The zero-order chi connectivity index (χ0) is 16.9. The largest absolute Gasteiger partial charge is 0.504 e. The second-order valence-corrected chi connectivity index (χ2v) is 5.33. The van der Waals surface area contributed by atoms with Crippen LogP contribution in [-0.4, -0.2) is 28.0 Å². The van der Waals surface area contributed by atoms with Crippen LogP contribution in [-0.2, 0) is 16.1 Å². The molecule has 0 aliphatic carbocycles. The molecule has 1 aromatic heterocycles. The second-order valence-electron chi connectivity index (χ2n) is 5.33. The van der Waals surface area contributed by atoms with E-state index in [4.69, 9.17) is 4.74 Å². The molecule has 1 N–H and O–H groups in total. The van der Waals surface area contributed by atoms with E-state index in [1.165, 1.54) is 7.11 Å². The second kappa shape index (κ2) is 7.00. The molecule has 1 heterocycles. The lowest BCUT2D eigenvalue weighted by Crippen LogP contribution is -2.09. The van der Waals surface area contributed by atoms with Crippen LogP contribution in [0.4, 0.5) is 0 Å². The van der Waals surface area contributed by atoms with Crippen molar-refractivity contribution in [1.82, 2.24) is 9.78 Å². The molecule has 122 valence electrons. The number of aromatic hydroxyl groups is 1. The Labute approximate surface area is 140 Å². The predicted molar refractivity (Wildman–Crippen MR) is 91.4 cm³/mol. The molecule has 2 aromatic carbocycles. The van der Waals surface area contributed by atoms with Crippen molar-refractivity contribution < 1.29 is 14.6 Å². The van der Waals surface area contributed by atoms with Crippen LogP contribution in [0, 0.1) is 0 Å². The zero-order valence-electron chi connectivity index (χ0n) is 13.3. The molecular formula is C19H18N2O3. The van der Waals surface area contributed by atoms with Gasteiger partial charge in [-0.3, -0.25) is 9.48 Å². The Bertz CT molecular complexity index is 827. The summed E-state index contributed by atoms with van der Waals surface area (Å²) in [5.74, 6) is -0.206. The van der Waals surface area contributed by atoms with Gasteiger partial charge in [0.05, 0.1) is 20.1 Å². The Kier molecular flexibility index (Phi) is 4.61. The van der Waals surface area contributed by atoms with Crippen molar-refractivity contribution in [3.8, 4) is 28.3 Å². The van der Waals surface area contributed by atoms with Crippen LogP contribution in [0.5, 0.6) is 5.75 Å². The molecule has 3 rings (SSSR count). The molecule has 0 aliphatic rings. The molecule has 0 saturated carbocycles. The summed E-state index contributed by atoms with van der Waals surface area (Å²) in [5.41, 5.74) is 2.76. The van der Waals surface area contributed by atoms with Gasteiger partial charge >= 0.3 is 5.97 Å². The summed E-state index contributed by atoms with van der Waals surface area (Å²) in [6.07, 6.45) is 0.186. The van der Waals surface area contributed by atoms with Crippen molar-refractivity contribution in [3.05, 3.63) is 60.7 Å². The zero-order valence-corrected chi connectivity index (χ0v) is 13.3. The van der Waals surface area contributed by atoms with Gasteiger partial charge < -0.3 is 9.84 Å². The number of carbonyl (C=O) groups is 1. The van der Waals surface area contributed by atoms with Gasteiger partial charge in [-0.15, -0.1) is 0 Å². The minimum atomic E-state index is -0.315. The number of hydrogen-bond acceptors (Lipinski definition) is 4. The number of ether oxygens (including phenoxy) is 1. The molecule has 0 saturated heterocycles. The van der Waals surface area contributed by atoms with Gasteiger partial charge in [0.15, 0.2) is 5.75 Å². The van der Waals surface area contributed by atoms with Crippen LogP contribution in [0.3, 0.4) is 0 Å². The third-order valence-electron chi connectivity index (χ3n) is 3.78. The van der Waals surface area contributed by atoms with Crippen LogP contribution in [0.2, 0.25) is 0 Å². The Morgan fingerprint density at radius 3 is 2.21 bits per heavy atom. The van der Waals surface area contributed by atoms with Crippen LogP contribution in [0.25, 0.3) is 22.5 Å². The summed E-state index contributed by atoms with van der Waals surface area (Å²) >= 11 is 0. The summed E-state index contributed by atoms with van der Waals surface area (Å²) in [6, 6.07) is 19.0. The highest BCUT2D eigenvalue weighted by atomic mass is 16.5. The first kappa shape index (κ1) is 15.8. The number of hydrogen-bond donors (Lipinski definition) is 1. The van der Waals surface area contributed by atoms with E-state index in [0.717, 1.165) is 11.1 Å². The predicted octanol–water partition coefficient (Wildman–Crippen LogP) is 3.49. The Morgan fingerprint density at radius 2 is 1.62 bits per heavy atom. The van der Waals surface area contributed by atoms with E-state index in [1.807, 2.05) is 60.7 Å². The maximum atomic E-state index is 11.5. The maximum Gasteiger partial charge on any atom is 0.307 e. The van der Waals surface area contributed by atoms with E-state index in [9.17, 15) is 9.90 Å². The third kappa shape index (κ3) is 3.15. The van der Waals surface area contributed by atoms with Gasteiger partial charge in [-0.2, -0.15) is 5.10 Å². The van der Waals surface area contributed by atoms with Gasteiger partial charge in [-0.05, 0) is 0 Å². The monoisotopic (exact) mass is 322 g/mol. The van der Waals surface area contributed by atoms with Gasteiger partial charge in [0.1, 0.15) is 11.4 Å². The molecule has 5 heteroatoms. The fourth-order valence-electron chi connectivity index (χ4n) is 2.59. The Hall–Kier alpha value is -3.08. The van der Waals surface area contributed by atoms with Crippen LogP contribution in [0.1, 0.15) is 6.42 Å². The Balaban J connectivity index is 2.07.